The highest BCUT2D eigenvalue weighted by molar-refractivity contribution is 5.95. The van der Waals surface area contributed by atoms with Crippen molar-refractivity contribution >= 4 is 39.8 Å². The van der Waals surface area contributed by atoms with Gasteiger partial charge in [0.15, 0.2) is 18.1 Å². The number of benzene rings is 1. The fourth-order valence-electron chi connectivity index (χ4n) is 4.57. The Bertz CT molecular complexity index is 1520. The number of carboxylic acid groups (broad SMARTS) is 1. The maximum absolute atomic E-state index is 13.8. The van der Waals surface area contributed by atoms with E-state index in [0.29, 0.717) is 53.6 Å². The fraction of sp³-hybridized carbons (Fsp3) is 0.304. The SMILES string of the molecule is NC(=O)COc1ccc2c(-c3nc4c(N)ncnc4n(C4CCC(C(=O)O)CC4)c3=O)coc2c1. The Kier molecular flexibility index (Phi) is 5.55. The molecule has 0 bridgehead atoms. The van der Waals surface area contributed by atoms with Crippen molar-refractivity contribution < 1.29 is 23.8 Å². The van der Waals surface area contributed by atoms with Gasteiger partial charge in [-0.15, -0.1) is 0 Å². The van der Waals surface area contributed by atoms with E-state index in [0.717, 1.165) is 0 Å². The van der Waals surface area contributed by atoms with Crippen molar-refractivity contribution in [1.29, 1.82) is 0 Å². The first-order valence-corrected chi connectivity index (χ1v) is 11.0. The van der Waals surface area contributed by atoms with E-state index in [1.54, 1.807) is 22.8 Å². The third-order valence-electron chi connectivity index (χ3n) is 6.30. The van der Waals surface area contributed by atoms with E-state index in [1.807, 2.05) is 0 Å². The van der Waals surface area contributed by atoms with E-state index >= 15 is 0 Å². The molecule has 180 valence electrons. The number of aliphatic carboxylic acids is 1. The van der Waals surface area contributed by atoms with Gasteiger partial charge in [0, 0.05) is 17.5 Å². The number of carbonyl (C=O) groups is 2. The van der Waals surface area contributed by atoms with Gasteiger partial charge >= 0.3 is 5.97 Å². The summed E-state index contributed by atoms with van der Waals surface area (Å²) in [5.74, 6) is -1.36. The number of carboxylic acids is 1. The Morgan fingerprint density at radius 3 is 2.69 bits per heavy atom. The third kappa shape index (κ3) is 4.03. The van der Waals surface area contributed by atoms with Gasteiger partial charge in [0.05, 0.1) is 11.5 Å². The van der Waals surface area contributed by atoms with Gasteiger partial charge < -0.3 is 25.7 Å². The predicted molar refractivity (Wildman–Crippen MR) is 125 cm³/mol. The van der Waals surface area contributed by atoms with Gasteiger partial charge in [0.2, 0.25) is 0 Å². The second-order valence-electron chi connectivity index (χ2n) is 8.47. The first kappa shape index (κ1) is 22.3. The Morgan fingerprint density at radius 1 is 1.20 bits per heavy atom. The normalized spacial score (nSPS) is 18.1. The second kappa shape index (κ2) is 8.70. The zero-order valence-corrected chi connectivity index (χ0v) is 18.5. The van der Waals surface area contributed by atoms with Gasteiger partial charge in [-0.1, -0.05) is 0 Å². The van der Waals surface area contributed by atoms with E-state index in [9.17, 15) is 19.5 Å². The summed E-state index contributed by atoms with van der Waals surface area (Å²) in [5.41, 5.74) is 12.4. The quantitative estimate of drug-likeness (QED) is 0.369. The van der Waals surface area contributed by atoms with Crippen LogP contribution in [0.1, 0.15) is 31.7 Å². The molecule has 0 radical (unpaired) electrons. The number of fused-ring (bicyclic) bond motifs is 2. The number of ether oxygens (including phenoxy) is 1. The van der Waals surface area contributed by atoms with Gasteiger partial charge in [-0.3, -0.25) is 19.0 Å². The molecule has 1 aliphatic carbocycles. The van der Waals surface area contributed by atoms with Crippen LogP contribution in [0.4, 0.5) is 5.82 Å². The number of nitrogen functional groups attached to an aromatic ring is 1. The largest absolute Gasteiger partial charge is 0.484 e. The minimum absolute atomic E-state index is 0.115. The maximum atomic E-state index is 13.8. The Hall–Kier alpha value is -4.48. The molecule has 5 rings (SSSR count). The highest BCUT2D eigenvalue weighted by atomic mass is 16.5. The van der Waals surface area contributed by atoms with Crippen LogP contribution in [-0.4, -0.2) is 43.1 Å². The average Bonchev–Trinajstić information content (AvgIpc) is 3.26. The van der Waals surface area contributed by atoms with Crippen molar-refractivity contribution in [3.05, 3.63) is 41.1 Å². The van der Waals surface area contributed by atoms with Crippen LogP contribution in [0.3, 0.4) is 0 Å². The molecule has 5 N–H and O–H groups in total. The molecule has 1 aliphatic rings. The molecular weight excluding hydrogens is 456 g/mol. The van der Waals surface area contributed by atoms with Crippen LogP contribution in [0.5, 0.6) is 5.75 Å². The van der Waals surface area contributed by atoms with Gasteiger partial charge in [0.25, 0.3) is 11.5 Å². The van der Waals surface area contributed by atoms with Crippen molar-refractivity contribution in [2.45, 2.75) is 31.7 Å². The van der Waals surface area contributed by atoms with Crippen molar-refractivity contribution in [3.63, 3.8) is 0 Å². The number of amides is 1. The topological polar surface area (TPSA) is 189 Å². The zero-order valence-electron chi connectivity index (χ0n) is 18.5. The molecule has 0 saturated heterocycles. The highest BCUT2D eigenvalue weighted by Gasteiger charge is 2.30. The molecule has 1 amide bonds. The summed E-state index contributed by atoms with van der Waals surface area (Å²) in [6, 6.07) is 4.66. The van der Waals surface area contributed by atoms with Crippen LogP contribution in [-0.2, 0) is 9.59 Å². The molecular formula is C23H22N6O6. The van der Waals surface area contributed by atoms with Gasteiger partial charge in [-0.2, -0.15) is 0 Å². The first-order chi connectivity index (χ1) is 16.8. The van der Waals surface area contributed by atoms with Crippen molar-refractivity contribution in [3.8, 4) is 17.0 Å². The molecule has 3 heterocycles. The van der Waals surface area contributed by atoms with Gasteiger partial charge in [0.1, 0.15) is 35.1 Å². The highest BCUT2D eigenvalue weighted by Crippen LogP contribution is 2.35. The molecule has 1 aromatic carbocycles. The number of primary amides is 1. The van der Waals surface area contributed by atoms with Crippen molar-refractivity contribution in [2.24, 2.45) is 11.7 Å². The lowest BCUT2D eigenvalue weighted by atomic mass is 9.86. The maximum Gasteiger partial charge on any atom is 0.306 e. The molecule has 4 aromatic rings. The number of rotatable bonds is 6. The van der Waals surface area contributed by atoms with E-state index < -0.39 is 17.8 Å². The van der Waals surface area contributed by atoms with Crippen LogP contribution in [0, 0.1) is 5.92 Å². The third-order valence-corrected chi connectivity index (χ3v) is 6.30. The van der Waals surface area contributed by atoms with Crippen molar-refractivity contribution in [2.75, 3.05) is 12.3 Å². The van der Waals surface area contributed by atoms with E-state index in [-0.39, 0.29) is 35.2 Å². The predicted octanol–water partition coefficient (Wildman–Crippen LogP) is 1.86. The molecule has 3 aromatic heterocycles. The minimum atomic E-state index is -0.827. The number of furan rings is 1. The molecule has 0 spiro atoms. The molecule has 12 heteroatoms. The van der Waals surface area contributed by atoms with Crippen molar-refractivity contribution in [1.82, 2.24) is 19.5 Å². The fourth-order valence-corrected chi connectivity index (χ4v) is 4.57. The smallest absolute Gasteiger partial charge is 0.306 e. The number of hydrogen-bond donors (Lipinski definition) is 3. The molecule has 0 atom stereocenters. The van der Waals surface area contributed by atoms with Crippen LogP contribution in [0.15, 0.2) is 40.0 Å². The summed E-state index contributed by atoms with van der Waals surface area (Å²) in [7, 11) is 0. The second-order valence-corrected chi connectivity index (χ2v) is 8.47. The van der Waals surface area contributed by atoms with Gasteiger partial charge in [-0.25, -0.2) is 15.0 Å². The summed E-state index contributed by atoms with van der Waals surface area (Å²) in [5, 5.41) is 9.96. The number of carbonyl (C=O) groups excluding carboxylic acids is 1. The standard InChI is InChI=1S/C23H22N6O6/c24-17(30)9-34-13-5-6-14-15(8-35-16(14)7-13)18-22(31)29(12-3-1-11(2-4-12)23(32)33)21-19(28-18)20(25)26-10-27-21/h5-8,10-12H,1-4,9H2,(H2,24,30)(H,32,33)(H2,25,26,27). The Balaban J connectivity index is 1.62. The monoisotopic (exact) mass is 478 g/mol. The van der Waals surface area contributed by atoms with Crippen LogP contribution in [0.2, 0.25) is 0 Å². The summed E-state index contributed by atoms with van der Waals surface area (Å²) in [6.07, 6.45) is 4.62. The van der Waals surface area contributed by atoms with E-state index in [1.165, 1.54) is 12.6 Å². The number of aromatic nitrogens is 4. The lowest BCUT2D eigenvalue weighted by Crippen LogP contribution is -2.32. The minimum Gasteiger partial charge on any atom is -0.484 e. The molecule has 12 nitrogen and oxygen atoms in total. The summed E-state index contributed by atoms with van der Waals surface area (Å²) in [4.78, 5) is 49.0. The summed E-state index contributed by atoms with van der Waals surface area (Å²) < 4.78 is 12.5. The average molecular weight is 478 g/mol. The zero-order chi connectivity index (χ0) is 24.7. The van der Waals surface area contributed by atoms with E-state index in [2.05, 4.69) is 15.0 Å². The molecule has 1 fully saturated rings. The molecule has 0 unspecified atom stereocenters. The van der Waals surface area contributed by atoms with Crippen LogP contribution < -0.4 is 21.8 Å². The van der Waals surface area contributed by atoms with E-state index in [4.69, 9.17) is 20.6 Å². The summed E-state index contributed by atoms with van der Waals surface area (Å²) >= 11 is 0. The lowest BCUT2D eigenvalue weighted by molar-refractivity contribution is -0.143. The Morgan fingerprint density at radius 2 is 1.97 bits per heavy atom. The van der Waals surface area contributed by atoms with Crippen LogP contribution >= 0.6 is 0 Å². The van der Waals surface area contributed by atoms with Crippen LogP contribution in [0.25, 0.3) is 33.4 Å². The molecule has 35 heavy (non-hydrogen) atoms. The lowest BCUT2D eigenvalue weighted by Gasteiger charge is -2.28. The number of hydrogen-bond acceptors (Lipinski definition) is 9. The summed E-state index contributed by atoms with van der Waals surface area (Å²) in [6.45, 7) is -0.278. The van der Waals surface area contributed by atoms with Gasteiger partial charge in [-0.05, 0) is 37.8 Å². The number of nitrogens with zero attached hydrogens (tertiary/aromatic N) is 4. The molecule has 1 saturated carbocycles. The number of nitrogens with two attached hydrogens (primary N) is 2. The Labute approximate surface area is 197 Å². The molecule has 0 aliphatic heterocycles. The number of anilines is 1. The first-order valence-electron chi connectivity index (χ1n) is 11.0.